The van der Waals surface area contributed by atoms with Crippen molar-refractivity contribution in [2.45, 2.75) is 51.9 Å². The second-order valence-electron chi connectivity index (χ2n) is 8.91. The van der Waals surface area contributed by atoms with Crippen LogP contribution in [0.2, 0.25) is 0 Å². The molecule has 0 radical (unpaired) electrons. The molecule has 0 amide bonds. The van der Waals surface area contributed by atoms with Gasteiger partial charge in [-0.1, -0.05) is 24.8 Å². The number of benzene rings is 1. The number of rotatable bonds is 7. The van der Waals surface area contributed by atoms with Crippen molar-refractivity contribution >= 4 is 11.8 Å². The largest absolute Gasteiger partial charge is 0.504 e. The number of hydrogen-bond donors (Lipinski definition) is 1. The molecule has 0 aromatic heterocycles. The van der Waals surface area contributed by atoms with Crippen molar-refractivity contribution in [1.82, 2.24) is 0 Å². The topological polar surface area (TPSA) is 91.3 Å². The fourth-order valence-electron chi connectivity index (χ4n) is 4.76. The number of allylic oxidation sites excluding steroid dienone is 2. The summed E-state index contributed by atoms with van der Waals surface area (Å²) in [4.78, 5) is 25.0. The summed E-state index contributed by atoms with van der Waals surface area (Å²) in [5.41, 5.74) is 0.661. The lowest BCUT2D eigenvalue weighted by Gasteiger charge is -2.51. The van der Waals surface area contributed by atoms with Crippen molar-refractivity contribution < 1.29 is 33.6 Å². The predicted molar refractivity (Wildman–Crippen MR) is 118 cm³/mol. The molecular formula is C25H32O7. The van der Waals surface area contributed by atoms with Gasteiger partial charge >= 0.3 is 5.97 Å². The summed E-state index contributed by atoms with van der Waals surface area (Å²) < 4.78 is 23.3. The van der Waals surface area contributed by atoms with Gasteiger partial charge in [0.15, 0.2) is 23.1 Å². The Labute approximate surface area is 189 Å². The van der Waals surface area contributed by atoms with Crippen LogP contribution in [-0.4, -0.2) is 49.1 Å². The van der Waals surface area contributed by atoms with Gasteiger partial charge in [0.1, 0.15) is 6.10 Å². The molecule has 1 aliphatic heterocycles. The van der Waals surface area contributed by atoms with Gasteiger partial charge in [0.05, 0.1) is 20.3 Å². The molecule has 1 heterocycles. The van der Waals surface area contributed by atoms with E-state index in [0.29, 0.717) is 36.5 Å². The van der Waals surface area contributed by atoms with Gasteiger partial charge in [0.2, 0.25) is 0 Å². The lowest BCUT2D eigenvalue weighted by molar-refractivity contribution is -0.298. The summed E-state index contributed by atoms with van der Waals surface area (Å²) in [7, 11) is 1.47. The van der Waals surface area contributed by atoms with E-state index in [2.05, 4.69) is 6.58 Å². The number of methoxy groups -OCH3 is 1. The highest BCUT2D eigenvalue weighted by Crippen LogP contribution is 2.49. The van der Waals surface area contributed by atoms with Crippen LogP contribution in [0.1, 0.15) is 39.2 Å². The number of esters is 1. The van der Waals surface area contributed by atoms with Crippen LogP contribution in [-0.2, 0) is 30.2 Å². The SMILES string of the molecule is C=CC(=O)C1=CCCC2(COC(C)(C)OC2)[C@H]1[C@@H](Cc1cccc(O)c1OC)OC(C)=O. The van der Waals surface area contributed by atoms with Crippen LogP contribution in [0.5, 0.6) is 11.5 Å². The van der Waals surface area contributed by atoms with Gasteiger partial charge in [-0.25, -0.2) is 0 Å². The Bertz CT molecular complexity index is 905. The molecule has 2 atom stereocenters. The third-order valence-electron chi connectivity index (χ3n) is 6.28. The number of hydrogen-bond acceptors (Lipinski definition) is 7. The quantitative estimate of drug-likeness (QED) is 0.506. The van der Waals surface area contributed by atoms with Crippen LogP contribution in [0.3, 0.4) is 0 Å². The molecule has 3 rings (SSSR count). The number of ether oxygens (including phenoxy) is 4. The molecule has 1 fully saturated rings. The molecule has 0 saturated carbocycles. The molecule has 32 heavy (non-hydrogen) atoms. The van der Waals surface area contributed by atoms with E-state index in [9.17, 15) is 14.7 Å². The highest BCUT2D eigenvalue weighted by molar-refractivity contribution is 6.04. The highest BCUT2D eigenvalue weighted by atomic mass is 16.7. The van der Waals surface area contributed by atoms with Crippen LogP contribution in [0, 0.1) is 11.3 Å². The zero-order valence-electron chi connectivity index (χ0n) is 19.2. The molecule has 0 bridgehead atoms. The van der Waals surface area contributed by atoms with E-state index in [4.69, 9.17) is 18.9 Å². The van der Waals surface area contributed by atoms with Crippen LogP contribution in [0.4, 0.5) is 0 Å². The first-order valence-corrected chi connectivity index (χ1v) is 10.8. The fourth-order valence-corrected chi connectivity index (χ4v) is 4.76. The maximum atomic E-state index is 12.9. The van der Waals surface area contributed by atoms with Crippen molar-refractivity contribution in [2.24, 2.45) is 11.3 Å². The number of ketones is 1. The summed E-state index contributed by atoms with van der Waals surface area (Å²) in [6, 6.07) is 5.04. The number of para-hydroxylation sites is 1. The zero-order valence-corrected chi connectivity index (χ0v) is 19.2. The second-order valence-corrected chi connectivity index (χ2v) is 8.91. The van der Waals surface area contributed by atoms with Crippen molar-refractivity contribution in [3.05, 3.63) is 48.1 Å². The first kappa shape index (κ1) is 24.0. The highest BCUT2D eigenvalue weighted by Gasteiger charge is 2.52. The minimum atomic E-state index is -0.731. The monoisotopic (exact) mass is 444 g/mol. The molecule has 1 aromatic carbocycles. The van der Waals surface area contributed by atoms with Crippen molar-refractivity contribution in [1.29, 1.82) is 0 Å². The van der Waals surface area contributed by atoms with E-state index in [1.807, 2.05) is 19.9 Å². The summed E-state index contributed by atoms with van der Waals surface area (Å²) in [6.45, 7) is 9.43. The van der Waals surface area contributed by atoms with E-state index in [1.165, 1.54) is 26.2 Å². The van der Waals surface area contributed by atoms with Gasteiger partial charge in [-0.15, -0.1) is 0 Å². The Hall–Kier alpha value is -2.64. The molecule has 1 spiro atoms. The van der Waals surface area contributed by atoms with Gasteiger partial charge in [-0.05, 0) is 38.8 Å². The summed E-state index contributed by atoms with van der Waals surface area (Å²) in [5, 5.41) is 10.2. The third kappa shape index (κ3) is 4.89. The van der Waals surface area contributed by atoms with Gasteiger partial charge in [-0.2, -0.15) is 0 Å². The number of phenols is 1. The molecular weight excluding hydrogens is 412 g/mol. The minimum absolute atomic E-state index is 0.00560. The van der Waals surface area contributed by atoms with E-state index in [-0.39, 0.29) is 18.0 Å². The molecule has 1 aliphatic carbocycles. The van der Waals surface area contributed by atoms with E-state index < -0.39 is 29.2 Å². The molecule has 1 saturated heterocycles. The maximum Gasteiger partial charge on any atom is 0.302 e. The molecule has 174 valence electrons. The molecule has 7 heteroatoms. The zero-order chi connectivity index (χ0) is 23.5. The maximum absolute atomic E-state index is 12.9. The lowest BCUT2D eigenvalue weighted by Crippen LogP contribution is -2.55. The Balaban J connectivity index is 2.08. The van der Waals surface area contributed by atoms with Crippen LogP contribution in [0.25, 0.3) is 0 Å². The molecule has 1 aromatic rings. The van der Waals surface area contributed by atoms with E-state index >= 15 is 0 Å². The van der Waals surface area contributed by atoms with Gasteiger partial charge in [-0.3, -0.25) is 9.59 Å². The number of carbonyl (C=O) groups is 2. The predicted octanol–water partition coefficient (Wildman–Crippen LogP) is 3.74. The van der Waals surface area contributed by atoms with Crippen LogP contribution in [0.15, 0.2) is 42.5 Å². The molecule has 2 aliphatic rings. The van der Waals surface area contributed by atoms with Crippen molar-refractivity contribution in [2.75, 3.05) is 20.3 Å². The Morgan fingerprint density at radius 3 is 2.59 bits per heavy atom. The van der Waals surface area contributed by atoms with Crippen molar-refractivity contribution in [3.63, 3.8) is 0 Å². The van der Waals surface area contributed by atoms with Gasteiger partial charge in [0.25, 0.3) is 0 Å². The summed E-state index contributed by atoms with van der Waals surface area (Å²) in [6.07, 6.45) is 4.13. The Kier molecular flexibility index (Phi) is 7.10. The standard InChI is InChI=1S/C25H32O7/c1-6-19(27)18-10-8-12-25(14-30-24(3,4)31-15-25)22(18)21(32-16(2)26)13-17-9-7-11-20(28)23(17)29-5/h6-7,9-11,21-22,28H,1,8,12-15H2,2-5H3/t21-,22-/m1/s1. The average molecular weight is 445 g/mol. The fraction of sp³-hybridized carbons (Fsp3) is 0.520. The Morgan fingerprint density at radius 1 is 1.31 bits per heavy atom. The van der Waals surface area contributed by atoms with Crippen LogP contribution < -0.4 is 4.74 Å². The third-order valence-corrected chi connectivity index (χ3v) is 6.28. The first-order valence-electron chi connectivity index (χ1n) is 10.8. The second kappa shape index (κ2) is 9.46. The molecule has 7 nitrogen and oxygen atoms in total. The minimum Gasteiger partial charge on any atom is -0.504 e. The van der Waals surface area contributed by atoms with E-state index in [0.717, 1.165) is 6.42 Å². The van der Waals surface area contributed by atoms with Crippen molar-refractivity contribution in [3.8, 4) is 11.5 Å². The van der Waals surface area contributed by atoms with Gasteiger partial charge in [0, 0.05) is 35.8 Å². The smallest absolute Gasteiger partial charge is 0.302 e. The van der Waals surface area contributed by atoms with E-state index in [1.54, 1.807) is 12.1 Å². The number of aromatic hydroxyl groups is 1. The lowest BCUT2D eigenvalue weighted by atomic mass is 9.62. The summed E-state index contributed by atoms with van der Waals surface area (Å²) in [5.74, 6) is -1.57. The number of phenolic OH excluding ortho intramolecular Hbond substituents is 1. The number of carbonyl (C=O) groups excluding carboxylic acids is 2. The first-order chi connectivity index (χ1) is 15.1. The molecule has 0 unspecified atom stereocenters. The van der Waals surface area contributed by atoms with Crippen LogP contribution >= 0.6 is 0 Å². The Morgan fingerprint density at radius 2 is 2.00 bits per heavy atom. The molecule has 1 N–H and O–H groups in total. The normalized spacial score (nSPS) is 22.5. The summed E-state index contributed by atoms with van der Waals surface area (Å²) >= 11 is 0. The average Bonchev–Trinajstić information content (AvgIpc) is 2.75. The van der Waals surface area contributed by atoms with Gasteiger partial charge < -0.3 is 24.1 Å².